The van der Waals surface area contributed by atoms with Gasteiger partial charge in [-0.25, -0.2) is 4.39 Å². The molecule has 25 heavy (non-hydrogen) atoms. The van der Waals surface area contributed by atoms with Gasteiger partial charge in [-0.2, -0.15) is 0 Å². The number of amides is 1. The molecule has 2 aromatic rings. The van der Waals surface area contributed by atoms with Crippen molar-refractivity contribution >= 4 is 5.91 Å². The first-order chi connectivity index (χ1) is 12.2. The number of rotatable bonds is 6. The highest BCUT2D eigenvalue weighted by Crippen LogP contribution is 2.12. The molecule has 3 rings (SSSR count). The summed E-state index contributed by atoms with van der Waals surface area (Å²) in [4.78, 5) is 16.7. The summed E-state index contributed by atoms with van der Waals surface area (Å²) in [5.74, 6) is 0.551. The van der Waals surface area contributed by atoms with Crippen LogP contribution < -0.4 is 4.74 Å². The lowest BCUT2D eigenvalue weighted by molar-refractivity contribution is 0.0630. The molecular weight excluding hydrogens is 319 g/mol. The predicted molar refractivity (Wildman–Crippen MR) is 95.3 cm³/mol. The first kappa shape index (κ1) is 17.4. The van der Waals surface area contributed by atoms with Gasteiger partial charge in [-0.3, -0.25) is 9.69 Å². The van der Waals surface area contributed by atoms with Gasteiger partial charge < -0.3 is 9.64 Å². The third kappa shape index (κ3) is 5.03. The highest BCUT2D eigenvalue weighted by atomic mass is 19.1. The van der Waals surface area contributed by atoms with E-state index in [1.54, 1.807) is 12.1 Å². The summed E-state index contributed by atoms with van der Waals surface area (Å²) in [7, 11) is 0. The Bertz CT molecular complexity index is 668. The largest absolute Gasteiger partial charge is 0.494 e. The van der Waals surface area contributed by atoms with Gasteiger partial charge in [0.1, 0.15) is 11.6 Å². The molecule has 0 aromatic heterocycles. The summed E-state index contributed by atoms with van der Waals surface area (Å²) in [6, 6.07) is 15.5. The first-order valence-corrected chi connectivity index (χ1v) is 8.67. The maximum absolute atomic E-state index is 12.8. The van der Waals surface area contributed by atoms with Crippen LogP contribution >= 0.6 is 0 Å². The fourth-order valence-corrected chi connectivity index (χ4v) is 2.95. The highest BCUT2D eigenvalue weighted by Gasteiger charge is 2.21. The average molecular weight is 342 g/mol. The predicted octanol–water partition coefficient (Wildman–Crippen LogP) is 3.05. The van der Waals surface area contributed by atoms with Crippen molar-refractivity contribution < 1.29 is 13.9 Å². The van der Waals surface area contributed by atoms with Crippen molar-refractivity contribution in [2.45, 2.75) is 6.42 Å². The van der Waals surface area contributed by atoms with Gasteiger partial charge in [-0.15, -0.1) is 0 Å². The molecule has 5 heteroatoms. The van der Waals surface area contributed by atoms with E-state index >= 15 is 0 Å². The average Bonchev–Trinajstić information content (AvgIpc) is 2.67. The standard InChI is InChI=1S/C20H23FN2O2/c21-18-7-9-19(10-8-18)25-16-4-11-22-12-14-23(15-13-22)20(24)17-5-2-1-3-6-17/h1-3,5-10H,4,11-16H2. The second kappa shape index (κ2) is 8.62. The van der Waals surface area contributed by atoms with Crippen molar-refractivity contribution in [1.82, 2.24) is 9.80 Å². The Morgan fingerprint density at radius 1 is 0.960 bits per heavy atom. The minimum Gasteiger partial charge on any atom is -0.494 e. The molecule has 0 saturated carbocycles. The van der Waals surface area contributed by atoms with Gasteiger partial charge in [0.2, 0.25) is 0 Å². The van der Waals surface area contributed by atoms with Crippen LogP contribution in [0.4, 0.5) is 4.39 Å². The van der Waals surface area contributed by atoms with Crippen molar-refractivity contribution in [3.63, 3.8) is 0 Å². The van der Waals surface area contributed by atoms with Gasteiger partial charge in [0.15, 0.2) is 0 Å². The monoisotopic (exact) mass is 342 g/mol. The number of hydrogen-bond acceptors (Lipinski definition) is 3. The number of halogens is 1. The van der Waals surface area contributed by atoms with Crippen molar-refractivity contribution in [2.24, 2.45) is 0 Å². The van der Waals surface area contributed by atoms with Crippen LogP contribution in [0.5, 0.6) is 5.75 Å². The Morgan fingerprint density at radius 3 is 2.32 bits per heavy atom. The van der Waals surface area contributed by atoms with Crippen molar-refractivity contribution in [2.75, 3.05) is 39.3 Å². The number of nitrogens with zero attached hydrogens (tertiary/aromatic N) is 2. The molecule has 1 aliphatic heterocycles. The maximum atomic E-state index is 12.8. The molecular formula is C20H23FN2O2. The van der Waals surface area contributed by atoms with Crippen molar-refractivity contribution in [3.05, 3.63) is 66.0 Å². The third-order valence-electron chi connectivity index (χ3n) is 4.38. The van der Waals surface area contributed by atoms with Crippen LogP contribution in [0.25, 0.3) is 0 Å². The van der Waals surface area contributed by atoms with E-state index in [-0.39, 0.29) is 11.7 Å². The lowest BCUT2D eigenvalue weighted by Gasteiger charge is -2.34. The summed E-state index contributed by atoms with van der Waals surface area (Å²) < 4.78 is 18.4. The third-order valence-corrected chi connectivity index (χ3v) is 4.38. The van der Waals surface area contributed by atoms with E-state index in [1.165, 1.54) is 12.1 Å². The smallest absolute Gasteiger partial charge is 0.253 e. The van der Waals surface area contributed by atoms with Crippen molar-refractivity contribution in [3.8, 4) is 5.75 Å². The lowest BCUT2D eigenvalue weighted by Crippen LogP contribution is -2.49. The Morgan fingerprint density at radius 2 is 1.64 bits per heavy atom. The molecule has 0 N–H and O–H groups in total. The fraction of sp³-hybridized carbons (Fsp3) is 0.350. The number of carbonyl (C=O) groups is 1. The molecule has 2 aromatic carbocycles. The normalized spacial score (nSPS) is 15.2. The van der Waals surface area contributed by atoms with Gasteiger partial charge in [0, 0.05) is 38.3 Å². The van der Waals surface area contributed by atoms with Gasteiger partial charge >= 0.3 is 0 Å². The molecule has 1 fully saturated rings. The Hall–Kier alpha value is -2.40. The summed E-state index contributed by atoms with van der Waals surface area (Å²) in [5, 5.41) is 0. The molecule has 1 heterocycles. The van der Waals surface area contributed by atoms with Crippen LogP contribution in [-0.4, -0.2) is 55.0 Å². The summed E-state index contributed by atoms with van der Waals surface area (Å²) in [5.41, 5.74) is 0.753. The maximum Gasteiger partial charge on any atom is 0.253 e. The number of piperazine rings is 1. The van der Waals surface area contributed by atoms with Gasteiger partial charge in [0.05, 0.1) is 6.61 Å². The van der Waals surface area contributed by atoms with E-state index in [9.17, 15) is 9.18 Å². The van der Waals surface area contributed by atoms with Gasteiger partial charge in [-0.05, 0) is 42.8 Å². The zero-order valence-corrected chi connectivity index (χ0v) is 14.2. The molecule has 0 bridgehead atoms. The van der Waals surface area contributed by atoms with E-state index < -0.39 is 0 Å². The van der Waals surface area contributed by atoms with Crippen LogP contribution in [-0.2, 0) is 0 Å². The summed E-state index contributed by atoms with van der Waals surface area (Å²) in [6.45, 7) is 4.83. The summed E-state index contributed by atoms with van der Waals surface area (Å²) >= 11 is 0. The zero-order chi connectivity index (χ0) is 17.5. The minimum absolute atomic E-state index is 0.111. The Labute approximate surface area is 147 Å². The number of hydrogen-bond donors (Lipinski definition) is 0. The van der Waals surface area contributed by atoms with Crippen molar-refractivity contribution in [1.29, 1.82) is 0 Å². The number of benzene rings is 2. The number of carbonyl (C=O) groups excluding carboxylic acids is 1. The van der Waals surface area contributed by atoms with E-state index in [1.807, 2.05) is 35.2 Å². The lowest BCUT2D eigenvalue weighted by atomic mass is 10.2. The first-order valence-electron chi connectivity index (χ1n) is 8.67. The number of ether oxygens (including phenoxy) is 1. The molecule has 4 nitrogen and oxygen atoms in total. The molecule has 1 amide bonds. The highest BCUT2D eigenvalue weighted by molar-refractivity contribution is 5.94. The van der Waals surface area contributed by atoms with E-state index in [0.29, 0.717) is 12.4 Å². The van der Waals surface area contributed by atoms with Crippen LogP contribution in [0.2, 0.25) is 0 Å². The molecule has 0 radical (unpaired) electrons. The van der Waals surface area contributed by atoms with Crippen LogP contribution in [0.3, 0.4) is 0 Å². The van der Waals surface area contributed by atoms with Crippen LogP contribution in [0.1, 0.15) is 16.8 Å². The topological polar surface area (TPSA) is 32.8 Å². The Kier molecular flexibility index (Phi) is 6.01. The Balaban J connectivity index is 1.35. The fourth-order valence-electron chi connectivity index (χ4n) is 2.95. The SMILES string of the molecule is O=C(c1ccccc1)N1CCN(CCCOc2ccc(F)cc2)CC1. The zero-order valence-electron chi connectivity index (χ0n) is 14.2. The van der Waals surface area contributed by atoms with E-state index in [0.717, 1.165) is 44.7 Å². The molecule has 0 atom stereocenters. The van der Waals surface area contributed by atoms with E-state index in [2.05, 4.69) is 4.90 Å². The van der Waals surface area contributed by atoms with Crippen LogP contribution in [0.15, 0.2) is 54.6 Å². The molecule has 1 aliphatic rings. The van der Waals surface area contributed by atoms with Gasteiger partial charge in [-0.1, -0.05) is 18.2 Å². The molecule has 1 saturated heterocycles. The second-order valence-electron chi connectivity index (χ2n) is 6.16. The van der Waals surface area contributed by atoms with E-state index in [4.69, 9.17) is 4.74 Å². The molecule has 0 aliphatic carbocycles. The summed E-state index contributed by atoms with van der Waals surface area (Å²) in [6.07, 6.45) is 0.907. The quantitative estimate of drug-likeness (QED) is 0.757. The minimum atomic E-state index is -0.254. The molecule has 0 spiro atoms. The second-order valence-corrected chi connectivity index (χ2v) is 6.16. The van der Waals surface area contributed by atoms with Crippen LogP contribution in [0, 0.1) is 5.82 Å². The molecule has 132 valence electrons. The molecule has 0 unspecified atom stereocenters. The van der Waals surface area contributed by atoms with Gasteiger partial charge in [0.25, 0.3) is 5.91 Å².